The summed E-state index contributed by atoms with van der Waals surface area (Å²) in [6.45, 7) is 7.75. The molecule has 4 aromatic rings. The summed E-state index contributed by atoms with van der Waals surface area (Å²) in [6.07, 6.45) is 1.63. The van der Waals surface area contributed by atoms with Crippen LogP contribution in [0.1, 0.15) is 38.3 Å². The van der Waals surface area contributed by atoms with Gasteiger partial charge in [-0.25, -0.2) is 9.37 Å². The fourth-order valence-corrected chi connectivity index (χ4v) is 4.88. The zero-order valence-electron chi connectivity index (χ0n) is 17.9. The first-order chi connectivity index (χ1) is 15.9. The molecule has 0 spiro atoms. The quantitative estimate of drug-likeness (QED) is 0.376. The molecule has 33 heavy (non-hydrogen) atoms. The summed E-state index contributed by atoms with van der Waals surface area (Å²) in [5.74, 6) is -0.522. The Morgan fingerprint density at radius 2 is 2.06 bits per heavy atom. The highest BCUT2D eigenvalue weighted by Crippen LogP contribution is 2.43. The van der Waals surface area contributed by atoms with Gasteiger partial charge in [-0.1, -0.05) is 24.8 Å². The van der Waals surface area contributed by atoms with E-state index < -0.39 is 23.2 Å². The molecular formula is C25H19FN2O4S. The topological polar surface area (TPSA) is 72.6 Å². The van der Waals surface area contributed by atoms with Crippen LogP contribution in [0.25, 0.3) is 11.0 Å². The number of carbonyl (C=O) groups excluding carboxylic acids is 1. The first-order valence-electron chi connectivity index (χ1n) is 10.3. The molecule has 5 rings (SSSR count). The van der Waals surface area contributed by atoms with Gasteiger partial charge >= 0.3 is 0 Å². The van der Waals surface area contributed by atoms with Crippen molar-refractivity contribution in [2.24, 2.45) is 0 Å². The Kier molecular flexibility index (Phi) is 5.09. The van der Waals surface area contributed by atoms with Gasteiger partial charge in [-0.3, -0.25) is 14.5 Å². The van der Waals surface area contributed by atoms with Crippen molar-refractivity contribution in [2.75, 3.05) is 11.5 Å². The molecule has 0 saturated carbocycles. The number of fused-ring (bicyclic) bond motifs is 2. The zero-order chi connectivity index (χ0) is 23.3. The number of halogens is 1. The van der Waals surface area contributed by atoms with E-state index in [2.05, 4.69) is 11.6 Å². The van der Waals surface area contributed by atoms with Gasteiger partial charge in [-0.2, -0.15) is 0 Å². The van der Waals surface area contributed by atoms with E-state index in [9.17, 15) is 14.0 Å². The van der Waals surface area contributed by atoms with Gasteiger partial charge in [-0.05, 0) is 49.7 Å². The molecule has 0 aliphatic carbocycles. The van der Waals surface area contributed by atoms with E-state index >= 15 is 0 Å². The smallest absolute Gasteiger partial charge is 0.297 e. The predicted octanol–water partition coefficient (Wildman–Crippen LogP) is 5.32. The van der Waals surface area contributed by atoms with Crippen molar-refractivity contribution in [3.05, 3.63) is 98.6 Å². The first-order valence-corrected chi connectivity index (χ1v) is 11.1. The average Bonchev–Trinajstić information content (AvgIpc) is 3.29. The van der Waals surface area contributed by atoms with E-state index in [1.54, 1.807) is 24.3 Å². The fraction of sp³-hybridized carbons (Fsp3) is 0.160. The minimum Gasteiger partial charge on any atom is -0.490 e. The molecule has 1 aliphatic rings. The van der Waals surface area contributed by atoms with Crippen LogP contribution in [0.3, 0.4) is 0 Å². The van der Waals surface area contributed by atoms with Gasteiger partial charge in [-0.15, -0.1) is 11.3 Å². The van der Waals surface area contributed by atoms with Crippen molar-refractivity contribution in [1.29, 1.82) is 0 Å². The molecule has 1 amide bonds. The number of rotatable bonds is 5. The van der Waals surface area contributed by atoms with Gasteiger partial charge in [0, 0.05) is 4.88 Å². The van der Waals surface area contributed by atoms with Crippen LogP contribution < -0.4 is 15.1 Å². The first kappa shape index (κ1) is 21.1. The summed E-state index contributed by atoms with van der Waals surface area (Å²) in [7, 11) is 0. The molecular weight excluding hydrogens is 443 g/mol. The van der Waals surface area contributed by atoms with Crippen LogP contribution >= 0.6 is 11.3 Å². The number of hydrogen-bond donors (Lipinski definition) is 0. The maximum atomic E-state index is 13.9. The van der Waals surface area contributed by atoms with Gasteiger partial charge in [0.2, 0.25) is 5.76 Å². The monoisotopic (exact) mass is 462 g/mol. The van der Waals surface area contributed by atoms with E-state index in [-0.39, 0.29) is 22.3 Å². The van der Waals surface area contributed by atoms with E-state index in [0.717, 1.165) is 16.6 Å². The third-order valence-electron chi connectivity index (χ3n) is 5.60. The van der Waals surface area contributed by atoms with Crippen LogP contribution in [-0.4, -0.2) is 17.5 Å². The normalized spacial score (nSPS) is 15.2. The number of aryl methyl sites for hydroxylation is 2. The van der Waals surface area contributed by atoms with E-state index in [0.29, 0.717) is 23.1 Å². The lowest BCUT2D eigenvalue weighted by molar-refractivity contribution is 0.0971. The second-order valence-corrected chi connectivity index (χ2v) is 8.88. The highest BCUT2D eigenvalue weighted by atomic mass is 32.1. The molecule has 1 unspecified atom stereocenters. The van der Waals surface area contributed by atoms with Crippen molar-refractivity contribution in [3.63, 3.8) is 0 Å². The Morgan fingerprint density at radius 1 is 1.24 bits per heavy atom. The van der Waals surface area contributed by atoms with Crippen LogP contribution in [0.4, 0.5) is 9.52 Å². The molecule has 2 aromatic carbocycles. The lowest BCUT2D eigenvalue weighted by atomic mass is 9.98. The number of nitrogens with zero attached hydrogens (tertiary/aromatic N) is 2. The van der Waals surface area contributed by atoms with Crippen LogP contribution in [-0.2, 0) is 0 Å². The highest BCUT2D eigenvalue weighted by Gasteiger charge is 2.45. The number of amides is 1. The maximum absolute atomic E-state index is 13.9. The Balaban J connectivity index is 1.77. The molecule has 0 radical (unpaired) electrons. The van der Waals surface area contributed by atoms with Gasteiger partial charge in [0.25, 0.3) is 5.91 Å². The minimum absolute atomic E-state index is 0.0629. The molecule has 0 bridgehead atoms. The van der Waals surface area contributed by atoms with Crippen LogP contribution in [0.2, 0.25) is 0 Å². The second kappa shape index (κ2) is 7.97. The van der Waals surface area contributed by atoms with Crippen LogP contribution in [0, 0.1) is 19.7 Å². The number of aromatic nitrogens is 1. The number of hydrogen-bond acceptors (Lipinski definition) is 6. The largest absolute Gasteiger partial charge is 0.490 e. The third-order valence-corrected chi connectivity index (χ3v) is 6.67. The molecule has 166 valence electrons. The van der Waals surface area contributed by atoms with Crippen molar-refractivity contribution < 1.29 is 18.3 Å². The van der Waals surface area contributed by atoms with Crippen LogP contribution in [0.5, 0.6) is 5.75 Å². The zero-order valence-corrected chi connectivity index (χ0v) is 18.7. The fourth-order valence-electron chi connectivity index (χ4n) is 3.95. The minimum atomic E-state index is -0.798. The number of ether oxygens (including phenoxy) is 1. The molecule has 3 heterocycles. The summed E-state index contributed by atoms with van der Waals surface area (Å²) in [5, 5.41) is 0.539. The van der Waals surface area contributed by atoms with Gasteiger partial charge < -0.3 is 9.15 Å². The maximum Gasteiger partial charge on any atom is 0.297 e. The number of carbonyl (C=O) groups is 1. The Hall–Kier alpha value is -3.78. The molecule has 0 N–H and O–H groups in total. The molecule has 6 nitrogen and oxygen atoms in total. The molecule has 1 atom stereocenters. The average molecular weight is 463 g/mol. The SMILES string of the molecule is C=CCOc1cccc(C2c3c(oc4ccc(F)cc4c3=O)C(=O)N2c2nc(C)c(C)s2)c1. The summed E-state index contributed by atoms with van der Waals surface area (Å²) < 4.78 is 25.5. The van der Waals surface area contributed by atoms with Crippen molar-refractivity contribution in [1.82, 2.24) is 4.98 Å². The summed E-state index contributed by atoms with van der Waals surface area (Å²) >= 11 is 1.36. The lowest BCUT2D eigenvalue weighted by Gasteiger charge is -2.23. The van der Waals surface area contributed by atoms with E-state index in [1.807, 2.05) is 19.9 Å². The third kappa shape index (κ3) is 3.43. The number of benzene rings is 2. The van der Waals surface area contributed by atoms with Gasteiger partial charge in [0.05, 0.1) is 22.7 Å². The molecule has 2 aromatic heterocycles. The Labute approximate surface area is 192 Å². The Morgan fingerprint density at radius 3 is 2.79 bits per heavy atom. The van der Waals surface area contributed by atoms with E-state index in [1.165, 1.54) is 28.4 Å². The van der Waals surface area contributed by atoms with Gasteiger partial charge in [0.15, 0.2) is 10.6 Å². The predicted molar refractivity (Wildman–Crippen MR) is 125 cm³/mol. The highest BCUT2D eigenvalue weighted by molar-refractivity contribution is 7.15. The van der Waals surface area contributed by atoms with Crippen molar-refractivity contribution >= 4 is 33.3 Å². The van der Waals surface area contributed by atoms with Gasteiger partial charge in [0.1, 0.15) is 23.8 Å². The second-order valence-electron chi connectivity index (χ2n) is 7.70. The summed E-state index contributed by atoms with van der Waals surface area (Å²) in [4.78, 5) is 34.1. The van der Waals surface area contributed by atoms with Crippen molar-refractivity contribution in [3.8, 4) is 5.75 Å². The van der Waals surface area contributed by atoms with Crippen LogP contribution in [0.15, 0.2) is 64.3 Å². The number of thiazole rings is 1. The van der Waals surface area contributed by atoms with E-state index in [4.69, 9.17) is 9.15 Å². The Bertz CT molecular complexity index is 1470. The number of anilines is 1. The lowest BCUT2D eigenvalue weighted by Crippen LogP contribution is -2.29. The standard InChI is InChI=1S/C25H19FN2O4S/c1-4-10-31-17-7-5-6-15(11-17)21-20-22(29)18-12-16(26)8-9-19(18)32-23(20)24(30)28(21)25-27-13(2)14(3)33-25/h4-9,11-12,21H,1,10H2,2-3H3. The molecule has 0 fully saturated rings. The van der Waals surface area contributed by atoms with Crippen molar-refractivity contribution in [2.45, 2.75) is 19.9 Å². The molecule has 1 aliphatic heterocycles. The molecule has 0 saturated heterocycles. The summed E-state index contributed by atoms with van der Waals surface area (Å²) in [5.41, 5.74) is 1.31. The summed E-state index contributed by atoms with van der Waals surface area (Å²) in [6, 6.07) is 10.0. The molecule has 8 heteroatoms.